The van der Waals surface area contributed by atoms with Gasteiger partial charge in [0, 0.05) is 26.5 Å². The zero-order chi connectivity index (χ0) is 13.3. The van der Waals surface area contributed by atoms with Crippen LogP contribution in [0, 0.1) is 6.92 Å². The lowest BCUT2D eigenvalue weighted by Gasteiger charge is -1.97. The average molecular weight is 246 g/mol. The summed E-state index contributed by atoms with van der Waals surface area (Å²) in [5.74, 6) is -0.439. The van der Waals surface area contributed by atoms with Gasteiger partial charge in [-0.15, -0.1) is 0 Å². The van der Waals surface area contributed by atoms with Crippen molar-refractivity contribution in [3.63, 3.8) is 0 Å². The predicted octanol–water partition coefficient (Wildman–Crippen LogP) is 0.918. The van der Waals surface area contributed by atoms with E-state index < -0.39 is 0 Å². The summed E-state index contributed by atoms with van der Waals surface area (Å²) in [6, 6.07) is 0. The molecule has 2 heterocycles. The minimum absolute atomic E-state index is 0.155. The van der Waals surface area contributed by atoms with Gasteiger partial charge in [-0.2, -0.15) is 10.2 Å². The highest BCUT2D eigenvalue weighted by Gasteiger charge is 2.18. The number of carbonyl (C=O) groups excluding carboxylic acids is 2. The number of carbonyl (C=O) groups is 2. The van der Waals surface area contributed by atoms with Crippen LogP contribution in [0.3, 0.4) is 0 Å². The monoisotopic (exact) mass is 246 g/mol. The highest BCUT2D eigenvalue weighted by atomic mass is 16.1. The zero-order valence-corrected chi connectivity index (χ0v) is 10.5. The number of aromatic nitrogens is 4. The molecule has 0 saturated heterocycles. The Kier molecular flexibility index (Phi) is 3.10. The molecule has 0 radical (unpaired) electrons. The molecule has 0 saturated carbocycles. The fraction of sp³-hybridized carbons (Fsp3) is 0.333. The van der Waals surface area contributed by atoms with Crippen molar-refractivity contribution in [2.24, 2.45) is 14.1 Å². The number of nitrogens with zero attached hydrogens (tertiary/aromatic N) is 4. The summed E-state index contributed by atoms with van der Waals surface area (Å²) >= 11 is 0. The van der Waals surface area contributed by atoms with E-state index in [9.17, 15) is 9.59 Å². The Morgan fingerprint density at radius 3 is 2.39 bits per heavy atom. The quantitative estimate of drug-likeness (QED) is 0.594. The van der Waals surface area contributed by atoms with Crippen LogP contribution in [0.4, 0.5) is 0 Å². The second kappa shape index (κ2) is 4.56. The third-order valence-corrected chi connectivity index (χ3v) is 2.66. The molecule has 0 amide bonds. The lowest BCUT2D eigenvalue weighted by Crippen LogP contribution is -2.08. The molecule has 2 rings (SSSR count). The van der Waals surface area contributed by atoms with E-state index in [2.05, 4.69) is 10.2 Å². The van der Waals surface area contributed by atoms with Crippen molar-refractivity contribution in [2.45, 2.75) is 13.3 Å². The molecule has 0 spiro atoms. The van der Waals surface area contributed by atoms with Gasteiger partial charge in [0.1, 0.15) is 0 Å². The van der Waals surface area contributed by atoms with E-state index in [4.69, 9.17) is 0 Å². The summed E-state index contributed by atoms with van der Waals surface area (Å²) < 4.78 is 3.10. The molecule has 18 heavy (non-hydrogen) atoms. The molecule has 94 valence electrons. The molecule has 6 nitrogen and oxygen atoms in total. The minimum atomic E-state index is -0.226. The van der Waals surface area contributed by atoms with Crippen molar-refractivity contribution in [1.82, 2.24) is 19.6 Å². The molecule has 0 aliphatic heterocycles. The van der Waals surface area contributed by atoms with Gasteiger partial charge in [-0.05, 0) is 6.92 Å². The molecule has 0 unspecified atom stereocenters. The highest BCUT2D eigenvalue weighted by Crippen LogP contribution is 2.11. The molecule has 0 aromatic carbocycles. The van der Waals surface area contributed by atoms with Crippen molar-refractivity contribution < 1.29 is 9.59 Å². The van der Waals surface area contributed by atoms with Gasteiger partial charge in [-0.3, -0.25) is 19.0 Å². The standard InChI is InChI=1S/C12H14N4O2/c1-8-10(7-16(3)14-8)12(18)4-11(17)9-5-13-15(2)6-9/h5-7H,4H2,1-3H3. The van der Waals surface area contributed by atoms with Crippen LogP contribution in [0.1, 0.15) is 32.8 Å². The highest BCUT2D eigenvalue weighted by molar-refractivity contribution is 6.13. The third kappa shape index (κ3) is 2.37. The summed E-state index contributed by atoms with van der Waals surface area (Å²) in [5, 5.41) is 7.99. The van der Waals surface area contributed by atoms with E-state index in [-0.39, 0.29) is 18.0 Å². The van der Waals surface area contributed by atoms with Gasteiger partial charge in [-0.25, -0.2) is 0 Å². The zero-order valence-electron chi connectivity index (χ0n) is 10.5. The fourth-order valence-electron chi connectivity index (χ4n) is 1.78. The molecule has 6 heteroatoms. The van der Waals surface area contributed by atoms with E-state index in [0.29, 0.717) is 16.8 Å². The van der Waals surface area contributed by atoms with Gasteiger partial charge in [0.25, 0.3) is 0 Å². The first-order valence-electron chi connectivity index (χ1n) is 5.52. The van der Waals surface area contributed by atoms with Crippen LogP contribution in [0.15, 0.2) is 18.6 Å². The Balaban J connectivity index is 2.13. The molecule has 0 N–H and O–H groups in total. The third-order valence-electron chi connectivity index (χ3n) is 2.66. The summed E-state index contributed by atoms with van der Waals surface area (Å²) in [7, 11) is 3.47. The molecule has 2 aromatic rings. The number of Topliss-reactive ketones (excluding diaryl/α,β-unsaturated/α-hetero) is 2. The van der Waals surface area contributed by atoms with Crippen LogP contribution >= 0.6 is 0 Å². The Morgan fingerprint density at radius 2 is 1.89 bits per heavy atom. The maximum atomic E-state index is 12.0. The molecule has 0 bridgehead atoms. The summed E-state index contributed by atoms with van der Waals surface area (Å²) in [6.45, 7) is 1.75. The van der Waals surface area contributed by atoms with Crippen LogP contribution in [-0.4, -0.2) is 31.1 Å². The Hall–Kier alpha value is -2.24. The Bertz CT molecular complexity index is 609. The van der Waals surface area contributed by atoms with Gasteiger partial charge < -0.3 is 0 Å². The lowest BCUT2D eigenvalue weighted by molar-refractivity contribution is 0.0894. The van der Waals surface area contributed by atoms with E-state index in [1.807, 2.05) is 0 Å². The molecule has 2 aromatic heterocycles. The Morgan fingerprint density at radius 1 is 1.17 bits per heavy atom. The maximum Gasteiger partial charge on any atom is 0.174 e. The first kappa shape index (κ1) is 12.2. The summed E-state index contributed by atoms with van der Waals surface area (Å²) in [6.07, 6.45) is 4.55. The molecular weight excluding hydrogens is 232 g/mol. The van der Waals surface area contributed by atoms with Crippen molar-refractivity contribution >= 4 is 11.6 Å². The van der Waals surface area contributed by atoms with Crippen molar-refractivity contribution in [1.29, 1.82) is 0 Å². The lowest BCUT2D eigenvalue weighted by atomic mass is 10.0. The van der Waals surface area contributed by atoms with Gasteiger partial charge >= 0.3 is 0 Å². The molecule has 0 aliphatic carbocycles. The number of hydrogen-bond acceptors (Lipinski definition) is 4. The van der Waals surface area contributed by atoms with E-state index in [1.54, 1.807) is 38.1 Å². The number of hydrogen-bond donors (Lipinski definition) is 0. The smallest absolute Gasteiger partial charge is 0.174 e. The molecular formula is C12H14N4O2. The topological polar surface area (TPSA) is 69.8 Å². The number of aryl methyl sites for hydroxylation is 3. The number of rotatable bonds is 4. The van der Waals surface area contributed by atoms with Gasteiger partial charge in [0.15, 0.2) is 11.6 Å². The van der Waals surface area contributed by atoms with Crippen LogP contribution in [0.5, 0.6) is 0 Å². The van der Waals surface area contributed by atoms with Crippen molar-refractivity contribution in [2.75, 3.05) is 0 Å². The van der Waals surface area contributed by atoms with Crippen molar-refractivity contribution in [3.8, 4) is 0 Å². The van der Waals surface area contributed by atoms with E-state index in [0.717, 1.165) is 0 Å². The Labute approximate surface area is 104 Å². The van der Waals surface area contributed by atoms with Crippen LogP contribution in [0.2, 0.25) is 0 Å². The average Bonchev–Trinajstić information content (AvgIpc) is 2.84. The van der Waals surface area contributed by atoms with Crippen LogP contribution in [-0.2, 0) is 14.1 Å². The molecule has 0 aliphatic rings. The minimum Gasteiger partial charge on any atom is -0.294 e. The van der Waals surface area contributed by atoms with Gasteiger partial charge in [0.2, 0.25) is 0 Å². The van der Waals surface area contributed by atoms with Crippen LogP contribution in [0.25, 0.3) is 0 Å². The second-order valence-corrected chi connectivity index (χ2v) is 4.23. The van der Waals surface area contributed by atoms with Crippen molar-refractivity contribution in [3.05, 3.63) is 35.4 Å². The maximum absolute atomic E-state index is 12.0. The van der Waals surface area contributed by atoms with Gasteiger partial charge in [-0.1, -0.05) is 0 Å². The SMILES string of the molecule is Cc1nn(C)cc1C(=O)CC(=O)c1cnn(C)c1. The predicted molar refractivity (Wildman–Crippen MR) is 64.4 cm³/mol. The van der Waals surface area contributed by atoms with Crippen LogP contribution < -0.4 is 0 Å². The first-order chi connectivity index (χ1) is 8.47. The first-order valence-corrected chi connectivity index (χ1v) is 5.52. The van der Waals surface area contributed by atoms with Gasteiger partial charge in [0.05, 0.1) is 29.4 Å². The normalized spacial score (nSPS) is 10.6. The van der Waals surface area contributed by atoms with E-state index in [1.165, 1.54) is 10.9 Å². The van der Waals surface area contributed by atoms with E-state index >= 15 is 0 Å². The fourth-order valence-corrected chi connectivity index (χ4v) is 1.78. The second-order valence-electron chi connectivity index (χ2n) is 4.23. The summed E-state index contributed by atoms with van der Waals surface area (Å²) in [5.41, 5.74) is 1.59. The number of ketones is 2. The largest absolute Gasteiger partial charge is 0.294 e. The molecule has 0 atom stereocenters. The molecule has 0 fully saturated rings. The summed E-state index contributed by atoms with van der Waals surface area (Å²) in [4.78, 5) is 23.8.